The second-order valence-electron chi connectivity index (χ2n) is 2.65. The van der Waals surface area contributed by atoms with Crippen LogP contribution in [-0.2, 0) is 13.1 Å². The third kappa shape index (κ3) is 2.16. The van der Waals surface area contributed by atoms with E-state index in [4.69, 9.17) is 4.42 Å². The molecule has 2 N–H and O–H groups in total. The molecule has 0 aliphatic heterocycles. The maximum atomic E-state index is 5.05. The molecule has 0 spiro atoms. The zero-order valence-electron chi connectivity index (χ0n) is 7.03. The van der Waals surface area contributed by atoms with Gasteiger partial charge < -0.3 is 9.73 Å². The Hall–Kier alpha value is -1.62. The average Bonchev–Trinajstić information content (AvgIpc) is 2.75. The SMILES string of the molecule is c1cc(CNCc2cnco2)[nH]n1. The van der Waals surface area contributed by atoms with Gasteiger partial charge in [-0.05, 0) is 6.07 Å². The summed E-state index contributed by atoms with van der Waals surface area (Å²) in [5.74, 6) is 0.833. The number of H-pyrrole nitrogens is 1. The number of rotatable bonds is 4. The molecule has 13 heavy (non-hydrogen) atoms. The number of aromatic nitrogens is 3. The summed E-state index contributed by atoms with van der Waals surface area (Å²) in [5.41, 5.74) is 1.06. The fourth-order valence-corrected chi connectivity index (χ4v) is 1.03. The number of nitrogens with zero attached hydrogens (tertiary/aromatic N) is 2. The molecule has 0 aliphatic rings. The molecular weight excluding hydrogens is 168 g/mol. The van der Waals surface area contributed by atoms with Crippen LogP contribution in [0.3, 0.4) is 0 Å². The van der Waals surface area contributed by atoms with E-state index >= 15 is 0 Å². The molecule has 2 rings (SSSR count). The Morgan fingerprint density at radius 1 is 1.46 bits per heavy atom. The summed E-state index contributed by atoms with van der Waals surface area (Å²) in [6, 6.07) is 1.92. The molecule has 0 amide bonds. The van der Waals surface area contributed by atoms with E-state index in [2.05, 4.69) is 20.5 Å². The lowest BCUT2D eigenvalue weighted by atomic mass is 10.4. The molecule has 0 aliphatic carbocycles. The van der Waals surface area contributed by atoms with Crippen LogP contribution in [0.4, 0.5) is 0 Å². The molecule has 2 heterocycles. The minimum Gasteiger partial charge on any atom is -0.447 e. The van der Waals surface area contributed by atoms with Crippen molar-refractivity contribution in [1.29, 1.82) is 0 Å². The van der Waals surface area contributed by atoms with Crippen molar-refractivity contribution in [2.75, 3.05) is 0 Å². The molecule has 0 radical (unpaired) electrons. The zero-order chi connectivity index (χ0) is 8.93. The van der Waals surface area contributed by atoms with Gasteiger partial charge in [0.1, 0.15) is 5.76 Å². The Morgan fingerprint density at radius 3 is 3.15 bits per heavy atom. The third-order valence-electron chi connectivity index (χ3n) is 1.66. The highest BCUT2D eigenvalue weighted by Crippen LogP contribution is 1.96. The van der Waals surface area contributed by atoms with Crippen molar-refractivity contribution >= 4 is 0 Å². The number of aromatic amines is 1. The van der Waals surface area contributed by atoms with Crippen LogP contribution < -0.4 is 5.32 Å². The Bertz CT molecular complexity index is 293. The quantitative estimate of drug-likeness (QED) is 0.722. The van der Waals surface area contributed by atoms with Gasteiger partial charge in [-0.1, -0.05) is 0 Å². The fraction of sp³-hybridized carbons (Fsp3) is 0.250. The summed E-state index contributed by atoms with van der Waals surface area (Å²) in [6.45, 7) is 1.43. The van der Waals surface area contributed by atoms with Crippen molar-refractivity contribution in [3.8, 4) is 0 Å². The lowest BCUT2D eigenvalue weighted by molar-refractivity contribution is 0.478. The maximum Gasteiger partial charge on any atom is 0.180 e. The summed E-state index contributed by atoms with van der Waals surface area (Å²) >= 11 is 0. The molecular formula is C8H10N4O. The summed E-state index contributed by atoms with van der Waals surface area (Å²) in [6.07, 6.45) is 4.85. The van der Waals surface area contributed by atoms with Crippen LogP contribution >= 0.6 is 0 Å². The molecule has 2 aromatic heterocycles. The highest BCUT2D eigenvalue weighted by atomic mass is 16.3. The van der Waals surface area contributed by atoms with Crippen LogP contribution in [0.5, 0.6) is 0 Å². The van der Waals surface area contributed by atoms with Gasteiger partial charge in [0, 0.05) is 18.4 Å². The normalized spacial score (nSPS) is 10.5. The van der Waals surface area contributed by atoms with Crippen molar-refractivity contribution < 1.29 is 4.42 Å². The Morgan fingerprint density at radius 2 is 2.46 bits per heavy atom. The first-order chi connectivity index (χ1) is 6.45. The number of hydrogen-bond acceptors (Lipinski definition) is 4. The van der Waals surface area contributed by atoms with Crippen LogP contribution in [-0.4, -0.2) is 15.2 Å². The van der Waals surface area contributed by atoms with E-state index < -0.39 is 0 Å². The molecule has 5 heteroatoms. The minimum atomic E-state index is 0.680. The Kier molecular flexibility index (Phi) is 2.38. The van der Waals surface area contributed by atoms with Crippen molar-refractivity contribution in [3.05, 3.63) is 36.3 Å². The van der Waals surface area contributed by atoms with Gasteiger partial charge in [-0.15, -0.1) is 0 Å². The standard InChI is InChI=1S/C8H10N4O/c1-2-11-12-7(1)3-9-4-8-5-10-6-13-8/h1-2,5-6,9H,3-4H2,(H,11,12). The second kappa shape index (κ2) is 3.86. The van der Waals surface area contributed by atoms with Crippen molar-refractivity contribution in [2.24, 2.45) is 0 Å². The van der Waals surface area contributed by atoms with Gasteiger partial charge >= 0.3 is 0 Å². The van der Waals surface area contributed by atoms with Gasteiger partial charge in [-0.2, -0.15) is 5.10 Å². The molecule has 0 aromatic carbocycles. The predicted molar refractivity (Wildman–Crippen MR) is 45.6 cm³/mol. The molecule has 0 fully saturated rings. The van der Waals surface area contributed by atoms with E-state index in [0.29, 0.717) is 6.54 Å². The molecule has 0 unspecified atom stereocenters. The lowest BCUT2D eigenvalue weighted by Gasteiger charge is -1.98. The number of oxazole rings is 1. The van der Waals surface area contributed by atoms with Crippen LogP contribution in [0.15, 0.2) is 29.3 Å². The van der Waals surface area contributed by atoms with E-state index in [-0.39, 0.29) is 0 Å². The van der Waals surface area contributed by atoms with E-state index in [9.17, 15) is 0 Å². The molecule has 0 bridgehead atoms. The topological polar surface area (TPSA) is 66.7 Å². The van der Waals surface area contributed by atoms with Gasteiger partial charge in [0.2, 0.25) is 0 Å². The summed E-state index contributed by atoms with van der Waals surface area (Å²) in [4.78, 5) is 3.81. The van der Waals surface area contributed by atoms with Gasteiger partial charge in [-0.25, -0.2) is 4.98 Å². The van der Waals surface area contributed by atoms with Gasteiger partial charge in [0.05, 0.1) is 12.7 Å². The zero-order valence-corrected chi connectivity index (χ0v) is 7.03. The molecule has 0 saturated heterocycles. The van der Waals surface area contributed by atoms with Crippen molar-refractivity contribution in [1.82, 2.24) is 20.5 Å². The molecule has 0 saturated carbocycles. The first-order valence-electron chi connectivity index (χ1n) is 4.01. The smallest absolute Gasteiger partial charge is 0.180 e. The minimum absolute atomic E-state index is 0.680. The Labute approximate surface area is 75.2 Å². The lowest BCUT2D eigenvalue weighted by Crippen LogP contribution is -2.12. The van der Waals surface area contributed by atoms with E-state index in [1.54, 1.807) is 12.4 Å². The Balaban J connectivity index is 1.76. The maximum absolute atomic E-state index is 5.05. The fourth-order valence-electron chi connectivity index (χ4n) is 1.03. The molecule has 68 valence electrons. The van der Waals surface area contributed by atoms with Crippen LogP contribution in [0.2, 0.25) is 0 Å². The number of nitrogens with one attached hydrogen (secondary N) is 2. The predicted octanol–water partition coefficient (Wildman–Crippen LogP) is 0.687. The van der Waals surface area contributed by atoms with Crippen molar-refractivity contribution in [2.45, 2.75) is 13.1 Å². The first-order valence-corrected chi connectivity index (χ1v) is 4.01. The van der Waals surface area contributed by atoms with E-state index in [0.717, 1.165) is 18.0 Å². The average molecular weight is 178 g/mol. The summed E-state index contributed by atoms with van der Waals surface area (Å²) < 4.78 is 5.05. The molecule has 5 nitrogen and oxygen atoms in total. The first kappa shape index (κ1) is 8.00. The number of hydrogen-bond donors (Lipinski definition) is 2. The van der Waals surface area contributed by atoms with Crippen LogP contribution in [0.1, 0.15) is 11.5 Å². The molecule has 2 aromatic rings. The molecule has 0 atom stereocenters. The largest absolute Gasteiger partial charge is 0.447 e. The van der Waals surface area contributed by atoms with Gasteiger partial charge in [-0.3, -0.25) is 5.10 Å². The van der Waals surface area contributed by atoms with Gasteiger partial charge in [0.15, 0.2) is 6.39 Å². The summed E-state index contributed by atoms with van der Waals surface area (Å²) in [7, 11) is 0. The van der Waals surface area contributed by atoms with Crippen LogP contribution in [0, 0.1) is 0 Å². The van der Waals surface area contributed by atoms with Crippen LogP contribution in [0.25, 0.3) is 0 Å². The van der Waals surface area contributed by atoms with Crippen molar-refractivity contribution in [3.63, 3.8) is 0 Å². The second-order valence-corrected chi connectivity index (χ2v) is 2.65. The third-order valence-corrected chi connectivity index (χ3v) is 1.66. The van der Waals surface area contributed by atoms with Gasteiger partial charge in [0.25, 0.3) is 0 Å². The monoisotopic (exact) mass is 178 g/mol. The summed E-state index contributed by atoms with van der Waals surface area (Å²) in [5, 5.41) is 9.88. The highest BCUT2D eigenvalue weighted by Gasteiger charge is 1.96. The highest BCUT2D eigenvalue weighted by molar-refractivity contribution is 4.97. The van der Waals surface area contributed by atoms with E-state index in [1.807, 2.05) is 6.07 Å². The van der Waals surface area contributed by atoms with E-state index in [1.165, 1.54) is 6.39 Å².